The summed E-state index contributed by atoms with van der Waals surface area (Å²) in [6.07, 6.45) is 3.03. The highest BCUT2D eigenvalue weighted by molar-refractivity contribution is 9.10. The summed E-state index contributed by atoms with van der Waals surface area (Å²) < 4.78 is 1.08. The number of benzene rings is 1. The molecule has 0 spiro atoms. The maximum atomic E-state index is 11.6. The summed E-state index contributed by atoms with van der Waals surface area (Å²) in [7, 11) is 0. The lowest BCUT2D eigenvalue weighted by Crippen LogP contribution is -2.33. The average molecular weight is 361 g/mol. The van der Waals surface area contributed by atoms with Gasteiger partial charge in [-0.15, -0.1) is 0 Å². The van der Waals surface area contributed by atoms with Crippen molar-refractivity contribution in [1.29, 1.82) is 0 Å². The molecule has 0 radical (unpaired) electrons. The molecule has 0 aliphatic heterocycles. The molecule has 116 valence electrons. The quantitative estimate of drug-likeness (QED) is 0.747. The maximum Gasteiger partial charge on any atom is 0.164 e. The van der Waals surface area contributed by atoms with Crippen molar-refractivity contribution in [3.8, 4) is 0 Å². The molecule has 0 unspecified atom stereocenters. The van der Waals surface area contributed by atoms with Gasteiger partial charge in [-0.05, 0) is 50.1 Å². The van der Waals surface area contributed by atoms with E-state index in [-0.39, 0.29) is 11.3 Å². The van der Waals surface area contributed by atoms with Gasteiger partial charge in [0.1, 0.15) is 5.82 Å². The molecule has 0 amide bonds. The van der Waals surface area contributed by atoms with Crippen LogP contribution in [0.15, 0.2) is 47.1 Å². The summed E-state index contributed by atoms with van der Waals surface area (Å²) in [5.74, 6) is 0.905. The molecule has 1 N–H and O–H groups in total. The van der Waals surface area contributed by atoms with Crippen molar-refractivity contribution in [2.45, 2.75) is 39.2 Å². The highest BCUT2D eigenvalue weighted by Gasteiger charge is 2.18. The van der Waals surface area contributed by atoms with Crippen LogP contribution >= 0.6 is 15.9 Å². The van der Waals surface area contributed by atoms with Crippen LogP contribution in [0.4, 0.5) is 5.82 Å². The molecule has 0 aliphatic carbocycles. The number of rotatable bonds is 6. The highest BCUT2D eigenvalue weighted by Crippen LogP contribution is 2.20. The number of Topliss-reactive ketones (excluding diaryl/α,β-unsaturated/α-hetero) is 1. The van der Waals surface area contributed by atoms with Gasteiger partial charge < -0.3 is 5.32 Å². The third-order valence-electron chi connectivity index (χ3n) is 3.43. The number of ketones is 1. The van der Waals surface area contributed by atoms with Crippen LogP contribution < -0.4 is 5.32 Å². The van der Waals surface area contributed by atoms with E-state index in [1.807, 2.05) is 19.1 Å². The molecule has 2 rings (SSSR count). The SMILES string of the molecule is CCC(=O)c1ccc(NC(C)(C)Cc2ccc(Br)cc2)nc1. The number of aromatic nitrogens is 1. The van der Waals surface area contributed by atoms with Gasteiger partial charge in [0, 0.05) is 28.2 Å². The molecule has 0 bridgehead atoms. The Balaban J connectivity index is 2.04. The monoisotopic (exact) mass is 360 g/mol. The van der Waals surface area contributed by atoms with Crippen molar-refractivity contribution < 1.29 is 4.79 Å². The Morgan fingerprint density at radius 2 is 1.86 bits per heavy atom. The molecule has 0 saturated heterocycles. The molecule has 3 nitrogen and oxygen atoms in total. The first-order chi connectivity index (χ1) is 10.4. The number of nitrogens with one attached hydrogen (secondary N) is 1. The van der Waals surface area contributed by atoms with Gasteiger partial charge in [-0.2, -0.15) is 0 Å². The van der Waals surface area contributed by atoms with Crippen LogP contribution in [0.3, 0.4) is 0 Å². The third-order valence-corrected chi connectivity index (χ3v) is 3.96. The van der Waals surface area contributed by atoms with Gasteiger partial charge in [0.15, 0.2) is 5.78 Å². The van der Waals surface area contributed by atoms with E-state index in [1.165, 1.54) is 5.56 Å². The summed E-state index contributed by atoms with van der Waals surface area (Å²) in [5, 5.41) is 3.43. The summed E-state index contributed by atoms with van der Waals surface area (Å²) in [5.41, 5.74) is 1.80. The van der Waals surface area contributed by atoms with Crippen LogP contribution in [0.2, 0.25) is 0 Å². The number of anilines is 1. The van der Waals surface area contributed by atoms with Crippen molar-refractivity contribution in [2.75, 3.05) is 5.32 Å². The summed E-state index contributed by atoms with van der Waals surface area (Å²) >= 11 is 3.45. The minimum absolute atomic E-state index is 0.119. The van der Waals surface area contributed by atoms with E-state index >= 15 is 0 Å². The Kier molecular flexibility index (Phi) is 5.35. The first-order valence-electron chi connectivity index (χ1n) is 7.41. The predicted molar refractivity (Wildman–Crippen MR) is 94.4 cm³/mol. The van der Waals surface area contributed by atoms with Crippen LogP contribution in [0.1, 0.15) is 43.1 Å². The van der Waals surface area contributed by atoms with E-state index in [1.54, 1.807) is 6.20 Å². The van der Waals surface area contributed by atoms with Crippen molar-refractivity contribution in [1.82, 2.24) is 4.98 Å². The number of hydrogen-bond acceptors (Lipinski definition) is 3. The normalized spacial score (nSPS) is 11.3. The minimum atomic E-state index is -0.128. The largest absolute Gasteiger partial charge is 0.365 e. The Labute approximate surface area is 140 Å². The number of halogens is 1. The van der Waals surface area contributed by atoms with Gasteiger partial charge in [0.2, 0.25) is 0 Å². The number of carbonyl (C=O) groups excluding carboxylic acids is 1. The molecule has 1 heterocycles. The highest BCUT2D eigenvalue weighted by atomic mass is 79.9. The van der Waals surface area contributed by atoms with Gasteiger partial charge in [0.25, 0.3) is 0 Å². The number of nitrogens with zero attached hydrogens (tertiary/aromatic N) is 1. The lowest BCUT2D eigenvalue weighted by atomic mass is 9.95. The fourth-order valence-corrected chi connectivity index (χ4v) is 2.60. The Hall–Kier alpha value is -1.68. The fourth-order valence-electron chi connectivity index (χ4n) is 2.34. The van der Waals surface area contributed by atoms with Gasteiger partial charge in [0.05, 0.1) is 0 Å². The molecule has 0 atom stereocenters. The lowest BCUT2D eigenvalue weighted by Gasteiger charge is -2.27. The standard InChI is InChI=1S/C18H21BrN2O/c1-4-16(22)14-7-10-17(20-12-14)21-18(2,3)11-13-5-8-15(19)9-6-13/h5-10,12H,4,11H2,1-3H3,(H,20,21). The van der Waals surface area contributed by atoms with Gasteiger partial charge in [-0.1, -0.05) is 35.0 Å². The number of pyridine rings is 1. The summed E-state index contributed by atoms with van der Waals surface area (Å²) in [6.45, 7) is 6.14. The van der Waals surface area contributed by atoms with Crippen molar-refractivity contribution in [2.24, 2.45) is 0 Å². The smallest absolute Gasteiger partial charge is 0.164 e. The van der Waals surface area contributed by atoms with E-state index in [2.05, 4.69) is 64.3 Å². The van der Waals surface area contributed by atoms with E-state index in [4.69, 9.17) is 0 Å². The van der Waals surface area contributed by atoms with Crippen molar-refractivity contribution in [3.63, 3.8) is 0 Å². The topological polar surface area (TPSA) is 42.0 Å². The van der Waals surface area contributed by atoms with Gasteiger partial charge in [-0.25, -0.2) is 4.98 Å². The van der Waals surface area contributed by atoms with Crippen LogP contribution in [0.25, 0.3) is 0 Å². The molecule has 0 saturated carbocycles. The maximum absolute atomic E-state index is 11.6. The molecule has 2 aromatic rings. The Morgan fingerprint density at radius 3 is 2.41 bits per heavy atom. The molecule has 1 aromatic heterocycles. The fraction of sp³-hybridized carbons (Fsp3) is 0.333. The number of carbonyl (C=O) groups is 1. The Bertz CT molecular complexity index is 633. The van der Waals surface area contributed by atoms with E-state index in [0.29, 0.717) is 12.0 Å². The summed E-state index contributed by atoms with van der Waals surface area (Å²) in [6, 6.07) is 12.0. The van der Waals surface area contributed by atoms with Crippen LogP contribution in [-0.4, -0.2) is 16.3 Å². The van der Waals surface area contributed by atoms with Crippen molar-refractivity contribution >= 4 is 27.5 Å². The summed E-state index contributed by atoms with van der Waals surface area (Å²) in [4.78, 5) is 16.0. The first kappa shape index (κ1) is 16.7. The second-order valence-electron chi connectivity index (χ2n) is 6.02. The molecular weight excluding hydrogens is 340 g/mol. The number of hydrogen-bond donors (Lipinski definition) is 1. The van der Waals surface area contributed by atoms with E-state index in [9.17, 15) is 4.79 Å². The zero-order chi connectivity index (χ0) is 16.2. The second kappa shape index (κ2) is 7.05. The van der Waals surface area contributed by atoms with Crippen LogP contribution in [-0.2, 0) is 6.42 Å². The first-order valence-corrected chi connectivity index (χ1v) is 8.21. The molecule has 0 aliphatic rings. The predicted octanol–water partition coefficient (Wildman–Crippen LogP) is 4.87. The van der Waals surface area contributed by atoms with E-state index in [0.717, 1.165) is 16.7 Å². The minimum Gasteiger partial charge on any atom is -0.365 e. The molecular formula is C18H21BrN2O. The van der Waals surface area contributed by atoms with Crippen molar-refractivity contribution in [3.05, 3.63) is 58.2 Å². The van der Waals surface area contributed by atoms with Crippen LogP contribution in [0.5, 0.6) is 0 Å². The Morgan fingerprint density at radius 1 is 1.18 bits per heavy atom. The zero-order valence-electron chi connectivity index (χ0n) is 13.2. The molecule has 1 aromatic carbocycles. The van der Waals surface area contributed by atoms with Gasteiger partial charge in [-0.3, -0.25) is 4.79 Å². The van der Waals surface area contributed by atoms with E-state index < -0.39 is 0 Å². The molecule has 4 heteroatoms. The molecule has 22 heavy (non-hydrogen) atoms. The zero-order valence-corrected chi connectivity index (χ0v) is 14.8. The van der Waals surface area contributed by atoms with Crippen LogP contribution in [0, 0.1) is 0 Å². The molecule has 0 fully saturated rings. The lowest BCUT2D eigenvalue weighted by molar-refractivity contribution is 0.0988. The van der Waals surface area contributed by atoms with Gasteiger partial charge >= 0.3 is 0 Å². The average Bonchev–Trinajstić information content (AvgIpc) is 2.49. The second-order valence-corrected chi connectivity index (χ2v) is 6.94. The third kappa shape index (κ3) is 4.67.